The number of thioether (sulfide) groups is 1. The number of nitrogens with zero attached hydrogens (tertiary/aromatic N) is 3. The van der Waals surface area contributed by atoms with Gasteiger partial charge >= 0.3 is 0 Å². The molecule has 1 heterocycles. The molecule has 0 bridgehead atoms. The van der Waals surface area contributed by atoms with Crippen LogP contribution in [-0.4, -0.2) is 32.7 Å². The lowest BCUT2D eigenvalue weighted by atomic mass is 10.0. The molecule has 118 valence electrons. The van der Waals surface area contributed by atoms with Crippen molar-refractivity contribution in [1.29, 1.82) is 0 Å². The zero-order valence-corrected chi connectivity index (χ0v) is 13.4. The van der Waals surface area contributed by atoms with Gasteiger partial charge in [0.15, 0.2) is 0 Å². The highest BCUT2D eigenvalue weighted by atomic mass is 32.2. The van der Waals surface area contributed by atoms with Crippen LogP contribution in [0.3, 0.4) is 0 Å². The molecule has 5 nitrogen and oxygen atoms in total. The molecule has 0 aliphatic rings. The predicted octanol–water partition coefficient (Wildman–Crippen LogP) is 2.35. The molecule has 0 radical (unpaired) electrons. The molecule has 7 heteroatoms. The Labute approximate surface area is 133 Å². The van der Waals surface area contributed by atoms with Gasteiger partial charge in [-0.1, -0.05) is 19.1 Å². The van der Waals surface area contributed by atoms with Crippen LogP contribution in [-0.2, 0) is 11.3 Å². The third-order valence-corrected chi connectivity index (χ3v) is 4.20. The van der Waals surface area contributed by atoms with Gasteiger partial charge in [0.05, 0.1) is 24.5 Å². The largest absolute Gasteiger partial charge is 0.351 e. The number of hydrogen-bond acceptors (Lipinski definition) is 4. The van der Waals surface area contributed by atoms with Gasteiger partial charge in [-0.2, -0.15) is 0 Å². The molecule has 2 rings (SSSR count). The molecule has 1 atom stereocenters. The van der Waals surface area contributed by atoms with Gasteiger partial charge in [0, 0.05) is 11.1 Å². The van der Waals surface area contributed by atoms with Crippen molar-refractivity contribution in [2.75, 3.05) is 5.75 Å². The van der Waals surface area contributed by atoms with Crippen molar-refractivity contribution in [1.82, 2.24) is 20.3 Å². The van der Waals surface area contributed by atoms with E-state index in [2.05, 4.69) is 29.5 Å². The van der Waals surface area contributed by atoms with E-state index < -0.39 is 0 Å². The van der Waals surface area contributed by atoms with E-state index >= 15 is 0 Å². The molecule has 2 aromatic rings. The number of aromatic nitrogens is 3. The second kappa shape index (κ2) is 7.93. The maximum atomic E-state index is 12.8. The number of halogens is 1. The molecule has 0 fully saturated rings. The highest BCUT2D eigenvalue weighted by Gasteiger charge is 2.17. The maximum Gasteiger partial charge on any atom is 0.230 e. The lowest BCUT2D eigenvalue weighted by Crippen LogP contribution is -2.42. The Morgan fingerprint density at radius 2 is 2.09 bits per heavy atom. The summed E-state index contributed by atoms with van der Waals surface area (Å²) in [6, 6.07) is 6.11. The molecule has 1 amide bonds. The first-order valence-corrected chi connectivity index (χ1v) is 8.05. The molecule has 0 saturated carbocycles. The lowest BCUT2D eigenvalue weighted by molar-refractivity contribution is -0.119. The van der Waals surface area contributed by atoms with E-state index in [0.717, 1.165) is 4.90 Å². The Kier molecular flexibility index (Phi) is 5.94. The first-order chi connectivity index (χ1) is 10.5. The number of amides is 1. The van der Waals surface area contributed by atoms with Gasteiger partial charge < -0.3 is 5.32 Å². The summed E-state index contributed by atoms with van der Waals surface area (Å²) in [7, 11) is 0. The minimum Gasteiger partial charge on any atom is -0.351 e. The molecule has 1 aromatic carbocycles. The summed E-state index contributed by atoms with van der Waals surface area (Å²) in [5, 5.41) is 10.7. The quantitative estimate of drug-likeness (QED) is 0.795. The highest BCUT2D eigenvalue weighted by molar-refractivity contribution is 8.00. The topological polar surface area (TPSA) is 59.8 Å². The minimum atomic E-state index is -0.276. The van der Waals surface area contributed by atoms with Gasteiger partial charge in [-0.3, -0.25) is 9.48 Å². The van der Waals surface area contributed by atoms with Crippen molar-refractivity contribution < 1.29 is 9.18 Å². The average Bonchev–Trinajstić information content (AvgIpc) is 2.99. The molecule has 0 unspecified atom stereocenters. The fourth-order valence-electron chi connectivity index (χ4n) is 1.88. The third-order valence-electron chi connectivity index (χ3n) is 3.19. The maximum absolute atomic E-state index is 12.8. The first kappa shape index (κ1) is 16.5. The zero-order chi connectivity index (χ0) is 15.9. The van der Waals surface area contributed by atoms with Crippen molar-refractivity contribution in [2.45, 2.75) is 31.3 Å². The summed E-state index contributed by atoms with van der Waals surface area (Å²) >= 11 is 1.39. The van der Waals surface area contributed by atoms with Gasteiger partial charge in [0.25, 0.3) is 0 Å². The third kappa shape index (κ3) is 5.14. The zero-order valence-electron chi connectivity index (χ0n) is 12.6. The van der Waals surface area contributed by atoms with Crippen LogP contribution >= 0.6 is 11.8 Å². The second-order valence-corrected chi connectivity index (χ2v) is 6.33. The standard InChI is InChI=1S/C15H19FN4OS/c1-11(2)14(9-20-8-7-17-19-20)18-15(21)10-22-13-5-3-12(16)4-6-13/h3-8,11,14H,9-10H2,1-2H3,(H,18,21)/t14-/m0/s1. The fraction of sp³-hybridized carbons (Fsp3) is 0.400. The highest BCUT2D eigenvalue weighted by Crippen LogP contribution is 2.18. The normalized spacial score (nSPS) is 12.4. The van der Waals surface area contributed by atoms with Crippen molar-refractivity contribution >= 4 is 17.7 Å². The van der Waals surface area contributed by atoms with E-state index in [-0.39, 0.29) is 23.7 Å². The van der Waals surface area contributed by atoms with E-state index in [0.29, 0.717) is 12.3 Å². The molecule has 0 saturated heterocycles. The van der Waals surface area contributed by atoms with E-state index in [4.69, 9.17) is 0 Å². The van der Waals surface area contributed by atoms with Crippen molar-refractivity contribution in [3.63, 3.8) is 0 Å². The monoisotopic (exact) mass is 322 g/mol. The lowest BCUT2D eigenvalue weighted by Gasteiger charge is -2.22. The number of nitrogens with one attached hydrogen (secondary N) is 1. The van der Waals surface area contributed by atoms with Crippen molar-refractivity contribution in [2.24, 2.45) is 5.92 Å². The van der Waals surface area contributed by atoms with Crippen LogP contribution in [0.4, 0.5) is 4.39 Å². The number of rotatable bonds is 7. The summed E-state index contributed by atoms with van der Waals surface area (Å²) in [6.45, 7) is 4.69. The second-order valence-electron chi connectivity index (χ2n) is 5.29. The summed E-state index contributed by atoms with van der Waals surface area (Å²) in [6.07, 6.45) is 3.39. The summed E-state index contributed by atoms with van der Waals surface area (Å²) in [4.78, 5) is 12.9. The number of benzene rings is 1. The number of hydrogen-bond donors (Lipinski definition) is 1. The Morgan fingerprint density at radius 1 is 1.36 bits per heavy atom. The van der Waals surface area contributed by atoms with E-state index in [1.54, 1.807) is 29.2 Å². The molecule has 1 aromatic heterocycles. The van der Waals surface area contributed by atoms with E-state index in [9.17, 15) is 9.18 Å². The molecule has 0 aliphatic carbocycles. The van der Waals surface area contributed by atoms with Crippen LogP contribution < -0.4 is 5.32 Å². The number of carbonyl (C=O) groups excluding carboxylic acids is 1. The van der Waals surface area contributed by atoms with E-state index in [1.807, 2.05) is 0 Å². The van der Waals surface area contributed by atoms with Crippen LogP contribution in [0.15, 0.2) is 41.6 Å². The smallest absolute Gasteiger partial charge is 0.230 e. The van der Waals surface area contributed by atoms with Gasteiger partial charge in [0.1, 0.15) is 5.82 Å². The van der Waals surface area contributed by atoms with Crippen LogP contribution in [0.5, 0.6) is 0 Å². The fourth-order valence-corrected chi connectivity index (χ4v) is 2.59. The van der Waals surface area contributed by atoms with Gasteiger partial charge in [0.2, 0.25) is 5.91 Å². The minimum absolute atomic E-state index is 0.0111. The first-order valence-electron chi connectivity index (χ1n) is 7.06. The Bertz CT molecular complexity index is 586. The Morgan fingerprint density at radius 3 is 2.68 bits per heavy atom. The van der Waals surface area contributed by atoms with Crippen LogP contribution in [0, 0.1) is 11.7 Å². The van der Waals surface area contributed by atoms with Gasteiger partial charge in [-0.15, -0.1) is 16.9 Å². The Hall–Kier alpha value is -1.89. The predicted molar refractivity (Wildman–Crippen MR) is 83.9 cm³/mol. The average molecular weight is 322 g/mol. The summed E-state index contributed by atoms with van der Waals surface area (Å²) < 4.78 is 14.5. The molecule has 22 heavy (non-hydrogen) atoms. The van der Waals surface area contributed by atoms with Crippen molar-refractivity contribution in [3.8, 4) is 0 Å². The molecule has 0 spiro atoms. The number of carbonyl (C=O) groups is 1. The molecular formula is C15H19FN4OS. The summed E-state index contributed by atoms with van der Waals surface area (Å²) in [5.74, 6) is 0.255. The van der Waals surface area contributed by atoms with Gasteiger partial charge in [-0.25, -0.2) is 4.39 Å². The SMILES string of the molecule is CC(C)[C@H](Cn1ccnn1)NC(=O)CSc1ccc(F)cc1. The molecular weight excluding hydrogens is 303 g/mol. The van der Waals surface area contributed by atoms with E-state index in [1.165, 1.54) is 23.9 Å². The van der Waals surface area contributed by atoms with Crippen LogP contribution in [0.2, 0.25) is 0 Å². The molecule has 1 N–H and O–H groups in total. The summed E-state index contributed by atoms with van der Waals surface area (Å²) in [5.41, 5.74) is 0. The molecule has 0 aliphatic heterocycles. The van der Waals surface area contributed by atoms with Gasteiger partial charge in [-0.05, 0) is 30.2 Å². The van der Waals surface area contributed by atoms with Crippen LogP contribution in [0.25, 0.3) is 0 Å². The Balaban J connectivity index is 1.84. The van der Waals surface area contributed by atoms with Crippen LogP contribution in [0.1, 0.15) is 13.8 Å². The van der Waals surface area contributed by atoms with Crippen molar-refractivity contribution in [3.05, 3.63) is 42.5 Å².